The van der Waals surface area contributed by atoms with Crippen LogP contribution in [0.4, 0.5) is 8.78 Å². The molecule has 1 aromatic carbocycles. The van der Waals surface area contributed by atoms with E-state index in [4.69, 9.17) is 5.73 Å². The van der Waals surface area contributed by atoms with Gasteiger partial charge in [-0.05, 0) is 29.0 Å². The lowest BCUT2D eigenvalue weighted by Gasteiger charge is -2.62. The van der Waals surface area contributed by atoms with E-state index < -0.39 is 38.5 Å². The molecule has 7 heteroatoms. The standard InChI is InChI=1S/C14H20F2N2O2S/c1-13(2)11(17)14(3,4)12(13)18-21(19,20)8-5-6-9(15)10(16)7-8/h5-7,11-12,18H,17H2,1-4H3. The maximum absolute atomic E-state index is 13.2. The van der Waals surface area contributed by atoms with Gasteiger partial charge in [-0.3, -0.25) is 0 Å². The lowest BCUT2D eigenvalue weighted by molar-refractivity contribution is -0.0593. The molecule has 0 atom stereocenters. The summed E-state index contributed by atoms with van der Waals surface area (Å²) in [6, 6.07) is 1.96. The SMILES string of the molecule is CC1(C)C(N)C(C)(C)C1NS(=O)(=O)c1ccc(F)c(F)c1. The average Bonchev–Trinajstić information content (AvgIpc) is 2.38. The highest BCUT2D eigenvalue weighted by atomic mass is 32.2. The van der Waals surface area contributed by atoms with Crippen LogP contribution in [0.3, 0.4) is 0 Å². The summed E-state index contributed by atoms with van der Waals surface area (Å²) in [5.41, 5.74) is 5.24. The number of hydrogen-bond acceptors (Lipinski definition) is 3. The molecule has 1 saturated carbocycles. The Morgan fingerprint density at radius 2 is 1.62 bits per heavy atom. The van der Waals surface area contributed by atoms with E-state index in [0.29, 0.717) is 6.07 Å². The number of halogens is 2. The first-order chi connectivity index (χ1) is 9.40. The van der Waals surface area contributed by atoms with Crippen LogP contribution >= 0.6 is 0 Å². The average molecular weight is 318 g/mol. The van der Waals surface area contributed by atoms with Crippen molar-refractivity contribution in [1.82, 2.24) is 4.72 Å². The number of rotatable bonds is 3. The molecule has 3 N–H and O–H groups in total. The largest absolute Gasteiger partial charge is 0.327 e. The van der Waals surface area contributed by atoms with Crippen LogP contribution in [-0.2, 0) is 10.0 Å². The van der Waals surface area contributed by atoms with Crippen LogP contribution in [0.1, 0.15) is 27.7 Å². The van der Waals surface area contributed by atoms with Crippen LogP contribution in [0.5, 0.6) is 0 Å². The fourth-order valence-corrected chi connectivity index (χ4v) is 4.91. The van der Waals surface area contributed by atoms with Gasteiger partial charge in [0.1, 0.15) is 0 Å². The van der Waals surface area contributed by atoms with E-state index in [2.05, 4.69) is 4.72 Å². The summed E-state index contributed by atoms with van der Waals surface area (Å²) in [6.07, 6.45) is 0. The Labute approximate surface area is 123 Å². The Bertz CT molecular complexity index is 656. The third-order valence-corrected chi connectivity index (χ3v) is 5.99. The van der Waals surface area contributed by atoms with E-state index in [0.717, 1.165) is 12.1 Å². The summed E-state index contributed by atoms with van der Waals surface area (Å²) in [7, 11) is -3.94. The van der Waals surface area contributed by atoms with Crippen molar-refractivity contribution < 1.29 is 17.2 Å². The number of benzene rings is 1. The third-order valence-electron chi connectivity index (χ3n) is 4.57. The van der Waals surface area contributed by atoms with Crippen LogP contribution in [0.2, 0.25) is 0 Å². The fourth-order valence-electron chi connectivity index (χ4n) is 3.35. The predicted octanol–water partition coefficient (Wildman–Crippen LogP) is 2.00. The molecule has 0 aliphatic heterocycles. The molecule has 1 aromatic rings. The lowest BCUT2D eigenvalue weighted by atomic mass is 9.49. The number of nitrogens with two attached hydrogens (primary N) is 1. The van der Waals surface area contributed by atoms with Crippen molar-refractivity contribution in [3.8, 4) is 0 Å². The van der Waals surface area contributed by atoms with Gasteiger partial charge in [0.05, 0.1) is 4.90 Å². The molecule has 2 rings (SSSR count). The van der Waals surface area contributed by atoms with E-state index in [9.17, 15) is 17.2 Å². The first-order valence-electron chi connectivity index (χ1n) is 6.63. The minimum absolute atomic E-state index is 0.164. The molecule has 0 radical (unpaired) electrons. The summed E-state index contributed by atoms with van der Waals surface area (Å²) >= 11 is 0. The normalized spacial score (nSPS) is 27.2. The molecule has 0 unspecified atom stereocenters. The molecule has 1 fully saturated rings. The van der Waals surface area contributed by atoms with Gasteiger partial charge in [-0.15, -0.1) is 0 Å². The molecule has 0 saturated heterocycles. The zero-order valence-electron chi connectivity index (χ0n) is 12.4. The van der Waals surface area contributed by atoms with Crippen molar-refractivity contribution in [2.45, 2.75) is 44.7 Å². The summed E-state index contributed by atoms with van der Waals surface area (Å²) in [5.74, 6) is -2.28. The van der Waals surface area contributed by atoms with Crippen molar-refractivity contribution >= 4 is 10.0 Å². The Morgan fingerprint density at radius 1 is 1.10 bits per heavy atom. The van der Waals surface area contributed by atoms with Crippen LogP contribution in [-0.4, -0.2) is 20.5 Å². The summed E-state index contributed by atoms with van der Waals surface area (Å²) in [6.45, 7) is 7.51. The van der Waals surface area contributed by atoms with E-state index in [1.54, 1.807) is 0 Å². The molecule has 1 aliphatic carbocycles. The molecule has 0 bridgehead atoms. The Morgan fingerprint density at radius 3 is 2.10 bits per heavy atom. The molecule has 0 amide bonds. The van der Waals surface area contributed by atoms with Crippen molar-refractivity contribution in [1.29, 1.82) is 0 Å². The molecular weight excluding hydrogens is 298 g/mol. The minimum atomic E-state index is -3.94. The second-order valence-electron chi connectivity index (χ2n) is 6.75. The second kappa shape index (κ2) is 4.72. The molecule has 4 nitrogen and oxygen atoms in total. The fraction of sp³-hybridized carbons (Fsp3) is 0.571. The van der Waals surface area contributed by atoms with Gasteiger partial charge in [0.15, 0.2) is 11.6 Å². The molecular formula is C14H20F2N2O2S. The highest BCUT2D eigenvalue weighted by Crippen LogP contribution is 2.52. The molecule has 1 aliphatic rings. The smallest absolute Gasteiger partial charge is 0.240 e. The number of sulfonamides is 1. The summed E-state index contributed by atoms with van der Waals surface area (Å²) in [4.78, 5) is -0.298. The topological polar surface area (TPSA) is 72.2 Å². The van der Waals surface area contributed by atoms with Gasteiger partial charge in [0, 0.05) is 12.1 Å². The summed E-state index contributed by atoms with van der Waals surface area (Å²) < 4.78 is 53.4. The Kier molecular flexibility index (Phi) is 3.67. The van der Waals surface area contributed by atoms with Gasteiger partial charge in [-0.25, -0.2) is 21.9 Å². The zero-order valence-corrected chi connectivity index (χ0v) is 13.3. The van der Waals surface area contributed by atoms with Crippen LogP contribution < -0.4 is 10.5 Å². The van der Waals surface area contributed by atoms with Crippen LogP contribution in [0.15, 0.2) is 23.1 Å². The molecule has 0 aromatic heterocycles. The first-order valence-corrected chi connectivity index (χ1v) is 8.12. The van der Waals surface area contributed by atoms with Crippen molar-refractivity contribution in [2.24, 2.45) is 16.6 Å². The third kappa shape index (κ3) is 2.47. The maximum atomic E-state index is 13.2. The van der Waals surface area contributed by atoms with E-state index >= 15 is 0 Å². The highest BCUT2D eigenvalue weighted by Gasteiger charge is 2.61. The Hall–Kier alpha value is -1.05. The first kappa shape index (κ1) is 16.3. The van der Waals surface area contributed by atoms with E-state index in [1.165, 1.54) is 0 Å². The number of nitrogens with one attached hydrogen (secondary N) is 1. The van der Waals surface area contributed by atoms with Crippen molar-refractivity contribution in [3.63, 3.8) is 0 Å². The van der Waals surface area contributed by atoms with Crippen molar-refractivity contribution in [3.05, 3.63) is 29.8 Å². The maximum Gasteiger partial charge on any atom is 0.240 e. The van der Waals surface area contributed by atoms with Gasteiger partial charge in [0.25, 0.3) is 0 Å². The number of hydrogen-bond donors (Lipinski definition) is 2. The second-order valence-corrected chi connectivity index (χ2v) is 8.46. The van der Waals surface area contributed by atoms with Gasteiger partial charge in [0.2, 0.25) is 10.0 Å². The molecule has 118 valence electrons. The molecule has 0 spiro atoms. The quantitative estimate of drug-likeness (QED) is 0.895. The van der Waals surface area contributed by atoms with Gasteiger partial charge < -0.3 is 5.73 Å². The monoisotopic (exact) mass is 318 g/mol. The van der Waals surface area contributed by atoms with Gasteiger partial charge in [-0.1, -0.05) is 27.7 Å². The van der Waals surface area contributed by atoms with E-state index in [1.807, 2.05) is 27.7 Å². The Balaban J connectivity index is 2.32. The van der Waals surface area contributed by atoms with Crippen LogP contribution in [0.25, 0.3) is 0 Å². The van der Waals surface area contributed by atoms with Crippen LogP contribution in [0, 0.1) is 22.5 Å². The van der Waals surface area contributed by atoms with Gasteiger partial charge in [-0.2, -0.15) is 0 Å². The predicted molar refractivity (Wildman–Crippen MR) is 76.0 cm³/mol. The van der Waals surface area contributed by atoms with Crippen molar-refractivity contribution in [2.75, 3.05) is 0 Å². The highest BCUT2D eigenvalue weighted by molar-refractivity contribution is 7.89. The minimum Gasteiger partial charge on any atom is -0.327 e. The molecule has 21 heavy (non-hydrogen) atoms. The summed E-state index contributed by atoms with van der Waals surface area (Å²) in [5, 5.41) is 0. The lowest BCUT2D eigenvalue weighted by Crippen LogP contribution is -2.75. The van der Waals surface area contributed by atoms with Gasteiger partial charge >= 0.3 is 0 Å². The van der Waals surface area contributed by atoms with E-state index in [-0.39, 0.29) is 10.9 Å². The molecule has 0 heterocycles. The zero-order chi connectivity index (χ0) is 16.2.